The van der Waals surface area contributed by atoms with Crippen LogP contribution in [0.15, 0.2) is 22.7 Å². The van der Waals surface area contributed by atoms with Crippen molar-refractivity contribution in [2.45, 2.75) is 19.4 Å². The smallest absolute Gasteiger partial charge is 0.124 e. The van der Waals surface area contributed by atoms with Gasteiger partial charge in [0.1, 0.15) is 5.84 Å². The fraction of sp³-hybridized carbons (Fsp3) is 0.417. The van der Waals surface area contributed by atoms with Crippen LogP contribution < -0.4 is 10.6 Å². The molecular weight excluding hydrogens is 282 g/mol. The van der Waals surface area contributed by atoms with E-state index in [9.17, 15) is 5.11 Å². The number of rotatable bonds is 4. The van der Waals surface area contributed by atoms with Crippen molar-refractivity contribution in [3.8, 4) is 0 Å². The van der Waals surface area contributed by atoms with E-state index in [0.29, 0.717) is 12.1 Å². The van der Waals surface area contributed by atoms with Crippen LogP contribution in [-0.4, -0.2) is 30.1 Å². The number of aliphatic hydroxyl groups is 1. The highest BCUT2D eigenvalue weighted by atomic mass is 79.9. The molecule has 0 heterocycles. The SMILES string of the molecule is CN(CC(C)(C)O)c1ccc(Br)cc1C(=N)N. The standard InChI is InChI=1S/C12H18BrN3O/c1-12(2,17)7-16(3)10-5-4-8(13)6-9(10)11(14)15/h4-6,17H,7H2,1-3H3,(H3,14,15). The van der Waals surface area contributed by atoms with Gasteiger partial charge >= 0.3 is 0 Å². The van der Waals surface area contributed by atoms with Gasteiger partial charge in [0.05, 0.1) is 5.60 Å². The maximum atomic E-state index is 9.80. The lowest BCUT2D eigenvalue weighted by Gasteiger charge is -2.28. The topological polar surface area (TPSA) is 73.3 Å². The first-order valence-electron chi connectivity index (χ1n) is 5.28. The number of nitrogens with two attached hydrogens (primary N) is 1. The molecule has 0 unspecified atom stereocenters. The van der Waals surface area contributed by atoms with Crippen LogP contribution in [0.3, 0.4) is 0 Å². The fourth-order valence-electron chi connectivity index (χ4n) is 1.72. The molecule has 0 aromatic heterocycles. The van der Waals surface area contributed by atoms with Crippen molar-refractivity contribution in [2.75, 3.05) is 18.5 Å². The van der Waals surface area contributed by atoms with Crippen molar-refractivity contribution in [3.63, 3.8) is 0 Å². The maximum Gasteiger partial charge on any atom is 0.124 e. The zero-order valence-corrected chi connectivity index (χ0v) is 11.9. The van der Waals surface area contributed by atoms with E-state index in [1.54, 1.807) is 19.9 Å². The largest absolute Gasteiger partial charge is 0.389 e. The monoisotopic (exact) mass is 299 g/mol. The van der Waals surface area contributed by atoms with Crippen LogP contribution in [0, 0.1) is 5.41 Å². The number of benzene rings is 1. The zero-order valence-electron chi connectivity index (χ0n) is 10.3. The molecule has 0 spiro atoms. The molecule has 17 heavy (non-hydrogen) atoms. The second kappa shape index (κ2) is 5.06. The van der Waals surface area contributed by atoms with E-state index in [-0.39, 0.29) is 5.84 Å². The summed E-state index contributed by atoms with van der Waals surface area (Å²) in [7, 11) is 1.87. The Kier molecular flexibility index (Phi) is 4.16. The lowest BCUT2D eigenvalue weighted by atomic mass is 10.1. The third-order valence-electron chi connectivity index (χ3n) is 2.28. The number of halogens is 1. The van der Waals surface area contributed by atoms with Crippen LogP contribution in [0.5, 0.6) is 0 Å². The molecule has 0 fully saturated rings. The third kappa shape index (κ3) is 4.02. The minimum atomic E-state index is -0.796. The Labute approximate surface area is 110 Å². The highest BCUT2D eigenvalue weighted by Crippen LogP contribution is 2.24. The van der Waals surface area contributed by atoms with Gasteiger partial charge in [-0.2, -0.15) is 0 Å². The molecule has 0 amide bonds. The Bertz CT molecular complexity index is 426. The molecule has 0 aliphatic carbocycles. The van der Waals surface area contributed by atoms with Crippen LogP contribution in [-0.2, 0) is 0 Å². The average Bonchev–Trinajstić information content (AvgIpc) is 2.14. The molecule has 0 aliphatic heterocycles. The lowest BCUT2D eigenvalue weighted by molar-refractivity contribution is 0.0886. The minimum absolute atomic E-state index is 0.0175. The number of nitrogens with zero attached hydrogens (tertiary/aromatic N) is 1. The summed E-state index contributed by atoms with van der Waals surface area (Å²) < 4.78 is 0.878. The Balaban J connectivity index is 3.09. The van der Waals surface area contributed by atoms with Crippen LogP contribution in [0.1, 0.15) is 19.4 Å². The zero-order chi connectivity index (χ0) is 13.2. The van der Waals surface area contributed by atoms with Gasteiger partial charge in [-0.15, -0.1) is 0 Å². The molecule has 4 N–H and O–H groups in total. The van der Waals surface area contributed by atoms with Gasteiger partial charge in [0.2, 0.25) is 0 Å². The Morgan fingerprint density at radius 1 is 1.53 bits per heavy atom. The number of hydrogen-bond acceptors (Lipinski definition) is 3. The molecule has 0 radical (unpaired) electrons. The summed E-state index contributed by atoms with van der Waals surface area (Å²) in [4.78, 5) is 1.89. The summed E-state index contributed by atoms with van der Waals surface area (Å²) in [5, 5.41) is 17.4. The molecule has 1 aromatic rings. The van der Waals surface area contributed by atoms with Gasteiger partial charge in [-0.25, -0.2) is 0 Å². The summed E-state index contributed by atoms with van der Waals surface area (Å²) in [6.07, 6.45) is 0. The number of anilines is 1. The van der Waals surface area contributed by atoms with Crippen molar-refractivity contribution in [3.05, 3.63) is 28.2 Å². The first kappa shape index (κ1) is 14.0. The molecular formula is C12H18BrN3O. The molecule has 0 atom stereocenters. The van der Waals surface area contributed by atoms with E-state index in [1.165, 1.54) is 0 Å². The third-order valence-corrected chi connectivity index (χ3v) is 2.78. The minimum Gasteiger partial charge on any atom is -0.389 e. The maximum absolute atomic E-state index is 9.80. The van der Waals surface area contributed by atoms with Crippen LogP contribution in [0.2, 0.25) is 0 Å². The summed E-state index contributed by atoms with van der Waals surface area (Å²) in [5.41, 5.74) is 6.26. The van der Waals surface area contributed by atoms with E-state index in [2.05, 4.69) is 15.9 Å². The molecule has 94 valence electrons. The van der Waals surface area contributed by atoms with E-state index < -0.39 is 5.60 Å². The van der Waals surface area contributed by atoms with Gasteiger partial charge in [-0.1, -0.05) is 15.9 Å². The summed E-state index contributed by atoms with van der Waals surface area (Å²) in [6, 6.07) is 5.58. The van der Waals surface area contributed by atoms with E-state index in [4.69, 9.17) is 11.1 Å². The van der Waals surface area contributed by atoms with Crippen molar-refractivity contribution in [1.82, 2.24) is 0 Å². The molecule has 4 nitrogen and oxygen atoms in total. The number of nitrogens with one attached hydrogen (secondary N) is 1. The normalized spacial score (nSPS) is 11.4. The lowest BCUT2D eigenvalue weighted by Crippen LogP contribution is -2.37. The van der Waals surface area contributed by atoms with Gasteiger partial charge in [-0.3, -0.25) is 5.41 Å². The molecule has 0 aliphatic rings. The molecule has 1 rings (SSSR count). The van der Waals surface area contributed by atoms with Gasteiger partial charge in [0.25, 0.3) is 0 Å². The van der Waals surface area contributed by atoms with Gasteiger partial charge in [0.15, 0.2) is 0 Å². The van der Waals surface area contributed by atoms with Gasteiger partial charge < -0.3 is 15.7 Å². The Morgan fingerprint density at radius 2 is 2.12 bits per heavy atom. The predicted octanol–water partition coefficient (Wildman–Crippen LogP) is 1.94. The van der Waals surface area contributed by atoms with Crippen LogP contribution in [0.25, 0.3) is 0 Å². The van der Waals surface area contributed by atoms with E-state index in [0.717, 1.165) is 10.2 Å². The molecule has 0 bridgehead atoms. The molecule has 1 aromatic carbocycles. The molecule has 5 heteroatoms. The van der Waals surface area contributed by atoms with Crippen LogP contribution in [0.4, 0.5) is 5.69 Å². The van der Waals surface area contributed by atoms with Crippen molar-refractivity contribution in [2.24, 2.45) is 5.73 Å². The van der Waals surface area contributed by atoms with Gasteiger partial charge in [-0.05, 0) is 32.0 Å². The first-order chi connectivity index (χ1) is 7.70. The van der Waals surface area contributed by atoms with E-state index in [1.807, 2.05) is 24.1 Å². The predicted molar refractivity (Wildman–Crippen MR) is 74.7 cm³/mol. The number of amidine groups is 1. The van der Waals surface area contributed by atoms with Crippen LogP contribution >= 0.6 is 15.9 Å². The second-order valence-electron chi connectivity index (χ2n) is 4.74. The average molecular weight is 300 g/mol. The summed E-state index contributed by atoms with van der Waals surface area (Å²) >= 11 is 3.36. The Morgan fingerprint density at radius 3 is 2.59 bits per heavy atom. The highest BCUT2D eigenvalue weighted by Gasteiger charge is 2.18. The summed E-state index contributed by atoms with van der Waals surface area (Å²) in [6.45, 7) is 3.96. The number of hydrogen-bond donors (Lipinski definition) is 3. The van der Waals surface area contributed by atoms with Crippen molar-refractivity contribution >= 4 is 27.5 Å². The van der Waals surface area contributed by atoms with Crippen molar-refractivity contribution < 1.29 is 5.11 Å². The second-order valence-corrected chi connectivity index (χ2v) is 5.66. The van der Waals surface area contributed by atoms with E-state index >= 15 is 0 Å². The number of likely N-dealkylation sites (N-methyl/N-ethyl adjacent to an activating group) is 1. The van der Waals surface area contributed by atoms with Gasteiger partial charge in [0, 0.05) is 29.3 Å². The quantitative estimate of drug-likeness (QED) is 0.588. The van der Waals surface area contributed by atoms with Crippen molar-refractivity contribution in [1.29, 1.82) is 5.41 Å². The fourth-order valence-corrected chi connectivity index (χ4v) is 2.08. The number of nitrogen functional groups attached to an aromatic ring is 1. The Hall–Kier alpha value is -1.07. The molecule has 0 saturated heterocycles. The highest BCUT2D eigenvalue weighted by molar-refractivity contribution is 9.10. The first-order valence-corrected chi connectivity index (χ1v) is 6.07. The molecule has 0 saturated carbocycles. The summed E-state index contributed by atoms with van der Waals surface area (Å²) in [5.74, 6) is 0.0175.